The van der Waals surface area contributed by atoms with E-state index in [-0.39, 0.29) is 11.5 Å². The molecule has 0 atom stereocenters. The van der Waals surface area contributed by atoms with E-state index in [2.05, 4.69) is 4.98 Å². The summed E-state index contributed by atoms with van der Waals surface area (Å²) in [5, 5.41) is 0. The van der Waals surface area contributed by atoms with Gasteiger partial charge >= 0.3 is 5.69 Å². The zero-order valence-electron chi connectivity index (χ0n) is 10.8. The largest absolute Gasteiger partial charge is 0.399 e. The Morgan fingerprint density at radius 2 is 1.90 bits per heavy atom. The summed E-state index contributed by atoms with van der Waals surface area (Å²) < 4.78 is 14.5. The minimum absolute atomic E-state index is 0.160. The number of rotatable bonds is 3. The van der Waals surface area contributed by atoms with Gasteiger partial charge in [0.1, 0.15) is 5.82 Å². The average Bonchev–Trinajstić information content (AvgIpc) is 2.73. The highest BCUT2D eigenvalue weighted by atomic mass is 19.1. The number of nitrogen functional groups attached to an aromatic ring is 1. The van der Waals surface area contributed by atoms with Crippen LogP contribution in [0.1, 0.15) is 5.56 Å². The second kappa shape index (κ2) is 4.85. The van der Waals surface area contributed by atoms with Gasteiger partial charge in [-0.25, -0.2) is 9.18 Å². The van der Waals surface area contributed by atoms with Crippen molar-refractivity contribution in [2.45, 2.75) is 13.0 Å². The second-order valence-corrected chi connectivity index (χ2v) is 4.73. The van der Waals surface area contributed by atoms with Crippen molar-refractivity contribution in [2.75, 3.05) is 5.73 Å². The summed E-state index contributed by atoms with van der Waals surface area (Å²) in [6.07, 6.45) is 0.664. The molecule has 102 valence electrons. The third-order valence-electron chi connectivity index (χ3n) is 3.34. The number of anilines is 1. The van der Waals surface area contributed by atoms with Crippen molar-refractivity contribution < 1.29 is 4.39 Å². The third kappa shape index (κ3) is 2.30. The minimum atomic E-state index is -0.256. The van der Waals surface area contributed by atoms with Crippen molar-refractivity contribution >= 4 is 16.7 Å². The normalized spacial score (nSPS) is 11.1. The van der Waals surface area contributed by atoms with Gasteiger partial charge < -0.3 is 10.7 Å². The number of halogens is 1. The number of nitrogens with two attached hydrogens (primary N) is 1. The van der Waals surface area contributed by atoms with Crippen LogP contribution >= 0.6 is 0 Å². The first-order valence-corrected chi connectivity index (χ1v) is 6.36. The molecule has 0 aliphatic rings. The van der Waals surface area contributed by atoms with Gasteiger partial charge in [0.2, 0.25) is 0 Å². The fourth-order valence-electron chi connectivity index (χ4n) is 2.30. The predicted octanol–water partition coefficient (Wildman–Crippen LogP) is 2.29. The number of benzene rings is 2. The van der Waals surface area contributed by atoms with Gasteiger partial charge in [0, 0.05) is 12.2 Å². The lowest BCUT2D eigenvalue weighted by atomic mass is 10.1. The van der Waals surface area contributed by atoms with E-state index in [1.54, 1.807) is 28.8 Å². The Morgan fingerprint density at radius 3 is 2.65 bits per heavy atom. The molecule has 1 aromatic heterocycles. The summed E-state index contributed by atoms with van der Waals surface area (Å²) in [6, 6.07) is 11.6. The Morgan fingerprint density at radius 1 is 1.15 bits per heavy atom. The number of H-pyrrole nitrogens is 1. The van der Waals surface area contributed by atoms with E-state index in [4.69, 9.17) is 5.73 Å². The molecule has 3 aromatic rings. The first kappa shape index (κ1) is 12.5. The highest BCUT2D eigenvalue weighted by Gasteiger charge is 2.06. The van der Waals surface area contributed by atoms with Crippen LogP contribution in [-0.4, -0.2) is 9.55 Å². The highest BCUT2D eigenvalue weighted by molar-refractivity contribution is 5.78. The summed E-state index contributed by atoms with van der Waals surface area (Å²) in [6.45, 7) is 0.536. The molecule has 1 heterocycles. The van der Waals surface area contributed by atoms with Crippen molar-refractivity contribution in [3.8, 4) is 0 Å². The fraction of sp³-hybridized carbons (Fsp3) is 0.133. The second-order valence-electron chi connectivity index (χ2n) is 4.73. The van der Waals surface area contributed by atoms with Crippen LogP contribution in [0.5, 0.6) is 0 Å². The van der Waals surface area contributed by atoms with E-state index in [1.165, 1.54) is 12.1 Å². The van der Waals surface area contributed by atoms with E-state index in [0.717, 1.165) is 16.6 Å². The van der Waals surface area contributed by atoms with Crippen LogP contribution in [-0.2, 0) is 13.0 Å². The summed E-state index contributed by atoms with van der Waals surface area (Å²) in [7, 11) is 0. The molecule has 0 spiro atoms. The van der Waals surface area contributed by atoms with Crippen LogP contribution in [0.3, 0.4) is 0 Å². The molecule has 3 rings (SSSR count). The van der Waals surface area contributed by atoms with Crippen molar-refractivity contribution in [1.29, 1.82) is 0 Å². The molecule has 3 N–H and O–H groups in total. The molecule has 2 aromatic carbocycles. The quantitative estimate of drug-likeness (QED) is 0.718. The van der Waals surface area contributed by atoms with Crippen molar-refractivity contribution in [1.82, 2.24) is 9.55 Å². The molecular formula is C15H14FN3O. The third-order valence-corrected chi connectivity index (χ3v) is 3.34. The van der Waals surface area contributed by atoms with Crippen molar-refractivity contribution in [3.05, 3.63) is 64.3 Å². The van der Waals surface area contributed by atoms with E-state index in [1.807, 2.05) is 6.07 Å². The van der Waals surface area contributed by atoms with Crippen molar-refractivity contribution in [2.24, 2.45) is 0 Å². The number of nitrogens with one attached hydrogen (secondary N) is 1. The van der Waals surface area contributed by atoms with Crippen molar-refractivity contribution in [3.63, 3.8) is 0 Å². The Balaban J connectivity index is 1.89. The molecule has 0 fully saturated rings. The topological polar surface area (TPSA) is 63.8 Å². The lowest BCUT2D eigenvalue weighted by Crippen LogP contribution is -2.17. The van der Waals surface area contributed by atoms with E-state index in [0.29, 0.717) is 18.7 Å². The van der Waals surface area contributed by atoms with Crippen LogP contribution in [0.2, 0.25) is 0 Å². The molecular weight excluding hydrogens is 257 g/mol. The zero-order chi connectivity index (χ0) is 14.1. The molecule has 0 saturated heterocycles. The molecule has 0 bridgehead atoms. The summed E-state index contributed by atoms with van der Waals surface area (Å²) in [5.74, 6) is -0.256. The molecule has 0 amide bonds. The first-order valence-electron chi connectivity index (χ1n) is 6.36. The van der Waals surface area contributed by atoms with Gasteiger partial charge in [0.25, 0.3) is 0 Å². The maximum atomic E-state index is 12.8. The molecule has 0 aliphatic carbocycles. The van der Waals surface area contributed by atoms with Gasteiger partial charge in [0.05, 0.1) is 11.0 Å². The molecule has 5 heteroatoms. The van der Waals surface area contributed by atoms with Crippen LogP contribution in [0.15, 0.2) is 47.3 Å². The Bertz CT molecular complexity index is 802. The molecule has 0 aliphatic heterocycles. The maximum absolute atomic E-state index is 12.8. The van der Waals surface area contributed by atoms with Crippen LogP contribution < -0.4 is 11.4 Å². The molecule has 0 saturated carbocycles. The van der Waals surface area contributed by atoms with Gasteiger partial charge in [-0.05, 0) is 42.3 Å². The first-order chi connectivity index (χ1) is 9.63. The predicted molar refractivity (Wildman–Crippen MR) is 77.1 cm³/mol. The maximum Gasteiger partial charge on any atom is 0.326 e. The molecule has 4 nitrogen and oxygen atoms in total. The highest BCUT2D eigenvalue weighted by Crippen LogP contribution is 2.14. The van der Waals surface area contributed by atoms with Gasteiger partial charge in [-0.3, -0.25) is 4.57 Å². The zero-order valence-corrected chi connectivity index (χ0v) is 10.8. The van der Waals surface area contributed by atoms with E-state index >= 15 is 0 Å². The number of fused-ring (bicyclic) bond motifs is 1. The Kier molecular flexibility index (Phi) is 3.02. The summed E-state index contributed by atoms with van der Waals surface area (Å²) >= 11 is 0. The van der Waals surface area contributed by atoms with Gasteiger partial charge in [-0.1, -0.05) is 12.1 Å². The van der Waals surface area contributed by atoms with Crippen LogP contribution in [0.25, 0.3) is 11.0 Å². The average molecular weight is 271 g/mol. The lowest BCUT2D eigenvalue weighted by molar-refractivity contribution is 0.625. The van der Waals surface area contributed by atoms with Gasteiger partial charge in [0.15, 0.2) is 0 Å². The standard InChI is InChI=1S/C15H14FN3O/c16-11-3-1-10(2-4-11)7-8-19-14-6-5-12(17)9-13(14)18-15(19)20/h1-6,9H,7-8,17H2,(H,18,20). The number of aromatic nitrogens is 2. The van der Waals surface area contributed by atoms with Crippen LogP contribution in [0, 0.1) is 5.82 Å². The monoisotopic (exact) mass is 271 g/mol. The Hall–Kier alpha value is -2.56. The fourth-order valence-corrected chi connectivity index (χ4v) is 2.30. The van der Waals surface area contributed by atoms with E-state index in [9.17, 15) is 9.18 Å². The SMILES string of the molecule is Nc1ccc2c(c1)[nH]c(=O)n2CCc1ccc(F)cc1. The number of nitrogens with zero attached hydrogens (tertiary/aromatic N) is 1. The summed E-state index contributed by atoms with van der Waals surface area (Å²) in [4.78, 5) is 14.7. The minimum Gasteiger partial charge on any atom is -0.399 e. The molecule has 0 unspecified atom stereocenters. The Labute approximate surface area is 114 Å². The van der Waals surface area contributed by atoms with Gasteiger partial charge in [-0.2, -0.15) is 0 Å². The molecule has 0 radical (unpaired) electrons. The number of hydrogen-bond donors (Lipinski definition) is 2. The number of imidazole rings is 1. The molecule has 20 heavy (non-hydrogen) atoms. The number of hydrogen-bond acceptors (Lipinski definition) is 2. The summed E-state index contributed by atoms with van der Waals surface area (Å²) in [5.41, 5.74) is 8.70. The number of aromatic amines is 1. The van der Waals surface area contributed by atoms with E-state index < -0.39 is 0 Å². The van der Waals surface area contributed by atoms with Gasteiger partial charge in [-0.15, -0.1) is 0 Å². The van der Waals surface area contributed by atoms with Crippen LogP contribution in [0.4, 0.5) is 10.1 Å². The lowest BCUT2D eigenvalue weighted by Gasteiger charge is -2.04. The number of aryl methyl sites for hydroxylation is 2. The smallest absolute Gasteiger partial charge is 0.326 e.